The minimum absolute atomic E-state index is 0.194. The summed E-state index contributed by atoms with van der Waals surface area (Å²) in [7, 11) is 0. The Bertz CT molecular complexity index is 693. The van der Waals surface area contributed by atoms with E-state index in [0.717, 1.165) is 17.8 Å². The van der Waals surface area contributed by atoms with Crippen molar-refractivity contribution in [1.29, 1.82) is 0 Å². The third-order valence-corrected chi connectivity index (χ3v) is 2.85. The van der Waals surface area contributed by atoms with Gasteiger partial charge in [-0.3, -0.25) is 4.79 Å². The fourth-order valence-corrected chi connectivity index (χ4v) is 1.88. The first-order valence-electron chi connectivity index (χ1n) is 5.92. The average molecular weight is 252 g/mol. The number of aromatic nitrogens is 4. The molecule has 3 rings (SSSR count). The largest absolute Gasteiger partial charge is 0.333 e. The zero-order valence-corrected chi connectivity index (χ0v) is 10.2. The van der Waals surface area contributed by atoms with Crippen LogP contribution in [0, 0.1) is 0 Å². The highest BCUT2D eigenvalue weighted by molar-refractivity contribution is 5.58. The van der Waals surface area contributed by atoms with Crippen LogP contribution in [0.25, 0.3) is 11.3 Å². The molecule has 5 heteroatoms. The minimum Gasteiger partial charge on any atom is -0.333 e. The van der Waals surface area contributed by atoms with Crippen LogP contribution < -0.4 is 5.56 Å². The number of rotatable bonds is 3. The van der Waals surface area contributed by atoms with E-state index in [0.29, 0.717) is 0 Å². The standard InChI is InChI=1S/C14H12N4O/c19-14-6-5-13(16-17-14)12-3-1-11(2-4-12)9-18-8-7-15-10-18/h1-8,10H,9H2,(H,17,19). The van der Waals surface area contributed by atoms with E-state index in [4.69, 9.17) is 0 Å². The summed E-state index contributed by atoms with van der Waals surface area (Å²) in [5, 5.41) is 6.43. The highest BCUT2D eigenvalue weighted by Crippen LogP contribution is 2.16. The predicted molar refractivity (Wildman–Crippen MR) is 71.6 cm³/mol. The molecule has 0 bridgehead atoms. The van der Waals surface area contributed by atoms with Gasteiger partial charge in [0.15, 0.2) is 0 Å². The van der Waals surface area contributed by atoms with E-state index in [1.165, 1.54) is 11.6 Å². The van der Waals surface area contributed by atoms with E-state index >= 15 is 0 Å². The van der Waals surface area contributed by atoms with Gasteiger partial charge in [-0.05, 0) is 11.6 Å². The molecule has 19 heavy (non-hydrogen) atoms. The lowest BCUT2D eigenvalue weighted by molar-refractivity contribution is 0.797. The van der Waals surface area contributed by atoms with Crippen molar-refractivity contribution in [3.05, 3.63) is 71.0 Å². The molecule has 2 aromatic heterocycles. The molecule has 0 unspecified atom stereocenters. The van der Waals surface area contributed by atoms with Crippen molar-refractivity contribution >= 4 is 0 Å². The number of hydrogen-bond donors (Lipinski definition) is 1. The summed E-state index contributed by atoms with van der Waals surface area (Å²) >= 11 is 0. The highest BCUT2D eigenvalue weighted by atomic mass is 16.1. The Morgan fingerprint density at radius 2 is 1.95 bits per heavy atom. The number of aromatic amines is 1. The molecule has 0 spiro atoms. The van der Waals surface area contributed by atoms with Gasteiger partial charge in [0.1, 0.15) is 0 Å². The van der Waals surface area contributed by atoms with Crippen LogP contribution in [0.15, 0.2) is 59.9 Å². The lowest BCUT2D eigenvalue weighted by Gasteiger charge is -2.04. The Morgan fingerprint density at radius 1 is 1.11 bits per heavy atom. The van der Waals surface area contributed by atoms with Crippen molar-refractivity contribution < 1.29 is 0 Å². The number of nitrogens with zero attached hydrogens (tertiary/aromatic N) is 3. The van der Waals surface area contributed by atoms with Gasteiger partial charge in [-0.1, -0.05) is 24.3 Å². The average Bonchev–Trinajstić information content (AvgIpc) is 2.94. The van der Waals surface area contributed by atoms with Gasteiger partial charge >= 0.3 is 0 Å². The molecule has 0 saturated heterocycles. The Balaban J connectivity index is 1.82. The normalized spacial score (nSPS) is 10.5. The maximum absolute atomic E-state index is 11.0. The van der Waals surface area contributed by atoms with Crippen molar-refractivity contribution in [1.82, 2.24) is 19.7 Å². The van der Waals surface area contributed by atoms with Crippen molar-refractivity contribution in [3.63, 3.8) is 0 Å². The lowest BCUT2D eigenvalue weighted by Crippen LogP contribution is -2.05. The summed E-state index contributed by atoms with van der Waals surface area (Å²) in [6.07, 6.45) is 5.48. The summed E-state index contributed by atoms with van der Waals surface area (Å²) in [5.74, 6) is 0. The molecule has 0 radical (unpaired) electrons. The Hall–Kier alpha value is -2.69. The van der Waals surface area contributed by atoms with Crippen LogP contribution in [0.3, 0.4) is 0 Å². The molecular formula is C14H12N4O. The van der Waals surface area contributed by atoms with Crippen molar-refractivity contribution in [2.75, 3.05) is 0 Å². The van der Waals surface area contributed by atoms with Crippen LogP contribution in [-0.4, -0.2) is 19.7 Å². The van der Waals surface area contributed by atoms with Crippen LogP contribution in [0.1, 0.15) is 5.56 Å². The third-order valence-electron chi connectivity index (χ3n) is 2.85. The first-order valence-corrected chi connectivity index (χ1v) is 5.92. The second-order valence-electron chi connectivity index (χ2n) is 4.24. The van der Waals surface area contributed by atoms with Crippen LogP contribution in [-0.2, 0) is 6.54 Å². The Labute approximate surface area is 109 Å². The molecular weight excluding hydrogens is 240 g/mol. The highest BCUT2D eigenvalue weighted by Gasteiger charge is 2.00. The second kappa shape index (κ2) is 4.89. The summed E-state index contributed by atoms with van der Waals surface area (Å²) in [4.78, 5) is 15.0. The first-order chi connectivity index (χ1) is 9.31. The van der Waals surface area contributed by atoms with Gasteiger partial charge in [0.2, 0.25) is 0 Å². The van der Waals surface area contributed by atoms with Crippen LogP contribution in [0.2, 0.25) is 0 Å². The summed E-state index contributed by atoms with van der Waals surface area (Å²) in [6, 6.07) is 11.3. The maximum Gasteiger partial charge on any atom is 0.264 e. The minimum atomic E-state index is -0.194. The molecule has 0 fully saturated rings. The molecule has 1 aromatic carbocycles. The monoisotopic (exact) mass is 252 g/mol. The fourth-order valence-electron chi connectivity index (χ4n) is 1.88. The Kier molecular flexibility index (Phi) is 2.94. The molecule has 0 aliphatic carbocycles. The molecule has 5 nitrogen and oxygen atoms in total. The summed E-state index contributed by atoms with van der Waals surface area (Å²) in [6.45, 7) is 0.791. The van der Waals surface area contributed by atoms with E-state index in [9.17, 15) is 4.79 Å². The van der Waals surface area contributed by atoms with E-state index in [-0.39, 0.29) is 5.56 Å². The molecule has 2 heterocycles. The third kappa shape index (κ3) is 2.60. The SMILES string of the molecule is O=c1ccc(-c2ccc(Cn3ccnc3)cc2)n[nH]1. The molecule has 1 N–H and O–H groups in total. The van der Waals surface area contributed by atoms with Crippen molar-refractivity contribution in [2.45, 2.75) is 6.54 Å². The molecule has 0 amide bonds. The van der Waals surface area contributed by atoms with Gasteiger partial charge in [0.25, 0.3) is 5.56 Å². The topological polar surface area (TPSA) is 63.6 Å². The fraction of sp³-hybridized carbons (Fsp3) is 0.0714. The van der Waals surface area contributed by atoms with E-state index in [2.05, 4.69) is 15.2 Å². The van der Waals surface area contributed by atoms with E-state index < -0.39 is 0 Å². The molecule has 94 valence electrons. The molecule has 0 aliphatic rings. The molecule has 3 aromatic rings. The maximum atomic E-state index is 11.0. The Morgan fingerprint density at radius 3 is 2.58 bits per heavy atom. The number of H-pyrrole nitrogens is 1. The quantitative estimate of drug-likeness (QED) is 0.771. The smallest absolute Gasteiger partial charge is 0.264 e. The second-order valence-corrected chi connectivity index (χ2v) is 4.24. The van der Waals surface area contributed by atoms with Gasteiger partial charge in [-0.25, -0.2) is 10.1 Å². The molecule has 0 atom stereocenters. The first kappa shape index (κ1) is 11.4. The van der Waals surface area contributed by atoms with Crippen LogP contribution in [0.4, 0.5) is 0 Å². The lowest BCUT2D eigenvalue weighted by atomic mass is 10.1. The zero-order chi connectivity index (χ0) is 13.1. The van der Waals surface area contributed by atoms with Gasteiger partial charge in [-0.15, -0.1) is 0 Å². The number of hydrogen-bond acceptors (Lipinski definition) is 3. The number of imidazole rings is 1. The van der Waals surface area contributed by atoms with Gasteiger partial charge in [0.05, 0.1) is 12.0 Å². The number of nitrogens with one attached hydrogen (secondary N) is 1. The summed E-state index contributed by atoms with van der Waals surface area (Å²) in [5.41, 5.74) is 2.73. The zero-order valence-electron chi connectivity index (χ0n) is 10.2. The van der Waals surface area contributed by atoms with Gasteiger partial charge in [-0.2, -0.15) is 5.10 Å². The van der Waals surface area contributed by atoms with Crippen LogP contribution >= 0.6 is 0 Å². The number of benzene rings is 1. The van der Waals surface area contributed by atoms with Crippen LogP contribution in [0.5, 0.6) is 0 Å². The molecule has 0 aliphatic heterocycles. The van der Waals surface area contributed by atoms with Crippen molar-refractivity contribution in [3.8, 4) is 11.3 Å². The van der Waals surface area contributed by atoms with Gasteiger partial charge < -0.3 is 4.57 Å². The van der Waals surface area contributed by atoms with E-state index in [1.54, 1.807) is 18.6 Å². The molecule has 0 saturated carbocycles. The van der Waals surface area contributed by atoms with Gasteiger partial charge in [0, 0.05) is 30.6 Å². The van der Waals surface area contributed by atoms with Crippen molar-refractivity contribution in [2.24, 2.45) is 0 Å². The predicted octanol–water partition coefficient (Wildman–Crippen LogP) is 1.68. The summed E-state index contributed by atoms with van der Waals surface area (Å²) < 4.78 is 2.01. The van der Waals surface area contributed by atoms with E-state index in [1.807, 2.05) is 35.0 Å².